The SMILES string of the molecule is CO.COCOc1ccccc1-c1cc(-c2cnn(C(C)c3ccc(/C=C/COCC(=O)OC(C)(C)C)cc3)c2)c(N)nn1.COCOc1ccccc1-c1cc(-c2cnn(C(C)c3ccc(CCCOCC(=O)OC(C)(C)C)cc3)c2)c(N)nn1. The van der Waals surface area contributed by atoms with Crippen LogP contribution in [-0.4, -0.2) is 130 Å². The Kier molecular flexibility index (Phi) is 25.0. The number of aliphatic hydroxyl groups excluding tert-OH is 1. The zero-order valence-corrected chi connectivity index (χ0v) is 50.9. The van der Waals surface area contributed by atoms with Gasteiger partial charge in [-0.15, -0.1) is 20.4 Å². The zero-order valence-electron chi connectivity index (χ0n) is 50.9. The van der Waals surface area contributed by atoms with Gasteiger partial charge in [0.05, 0.1) is 42.5 Å². The van der Waals surface area contributed by atoms with Crippen molar-refractivity contribution in [2.75, 3.05) is 72.8 Å². The first-order valence-corrected chi connectivity index (χ1v) is 28.0. The zero-order chi connectivity index (χ0) is 62.2. The Morgan fingerprint density at radius 3 is 1.49 bits per heavy atom. The second kappa shape index (κ2) is 32.4. The third-order valence-corrected chi connectivity index (χ3v) is 12.7. The van der Waals surface area contributed by atoms with E-state index in [1.54, 1.807) is 26.6 Å². The summed E-state index contributed by atoms with van der Waals surface area (Å²) >= 11 is 0. The molecule has 4 aromatic carbocycles. The summed E-state index contributed by atoms with van der Waals surface area (Å²) in [5.74, 6) is 1.19. The average molecular weight is 1180 g/mol. The number of para-hydroxylation sites is 2. The number of hydrogen-bond acceptors (Lipinski definition) is 19. The van der Waals surface area contributed by atoms with Crippen molar-refractivity contribution in [3.8, 4) is 56.3 Å². The van der Waals surface area contributed by atoms with Gasteiger partial charge >= 0.3 is 11.9 Å². The minimum absolute atomic E-state index is 0.00335. The lowest BCUT2D eigenvalue weighted by atomic mass is 10.0. The van der Waals surface area contributed by atoms with Crippen molar-refractivity contribution in [2.45, 2.75) is 91.5 Å². The summed E-state index contributed by atoms with van der Waals surface area (Å²) in [7, 11) is 4.15. The molecule has 86 heavy (non-hydrogen) atoms. The molecule has 4 heterocycles. The predicted molar refractivity (Wildman–Crippen MR) is 331 cm³/mol. The lowest BCUT2D eigenvalue weighted by Crippen LogP contribution is -2.26. The van der Waals surface area contributed by atoms with Gasteiger partial charge < -0.3 is 54.5 Å². The lowest BCUT2D eigenvalue weighted by Gasteiger charge is -2.19. The number of esters is 2. The fourth-order valence-electron chi connectivity index (χ4n) is 8.58. The second-order valence-electron chi connectivity index (χ2n) is 21.6. The first-order valence-electron chi connectivity index (χ1n) is 28.0. The van der Waals surface area contributed by atoms with Crippen molar-refractivity contribution in [1.82, 2.24) is 40.0 Å². The Morgan fingerprint density at radius 1 is 0.593 bits per heavy atom. The van der Waals surface area contributed by atoms with Crippen molar-refractivity contribution in [2.24, 2.45) is 0 Å². The number of rotatable bonds is 25. The number of nitrogen functional groups attached to an aromatic ring is 2. The van der Waals surface area contributed by atoms with E-state index in [1.165, 1.54) is 5.56 Å². The quantitative estimate of drug-likeness (QED) is 0.0273. The summed E-state index contributed by atoms with van der Waals surface area (Å²) in [6, 6.07) is 35.5. The lowest BCUT2D eigenvalue weighted by molar-refractivity contribution is -0.161. The minimum Gasteiger partial charge on any atom is -0.467 e. The normalized spacial score (nSPS) is 12.1. The molecule has 0 saturated carbocycles. The monoisotopic (exact) mass is 1180 g/mol. The number of nitrogens with two attached hydrogens (primary N) is 2. The van der Waals surface area contributed by atoms with Crippen LogP contribution in [0, 0.1) is 0 Å². The molecule has 0 bridgehead atoms. The van der Waals surface area contributed by atoms with Gasteiger partial charge in [0.15, 0.2) is 25.2 Å². The van der Waals surface area contributed by atoms with Gasteiger partial charge in [0.25, 0.3) is 0 Å². The molecule has 8 rings (SSSR count). The fourth-order valence-corrected chi connectivity index (χ4v) is 8.58. The van der Waals surface area contributed by atoms with E-state index in [0.29, 0.717) is 47.7 Å². The van der Waals surface area contributed by atoms with E-state index >= 15 is 0 Å². The summed E-state index contributed by atoms with van der Waals surface area (Å²) in [6.07, 6.45) is 13.0. The maximum atomic E-state index is 11.8. The van der Waals surface area contributed by atoms with Crippen LogP contribution in [0.15, 0.2) is 140 Å². The molecule has 0 saturated heterocycles. The highest BCUT2D eigenvalue weighted by Gasteiger charge is 2.20. The fraction of sp³-hybridized carbons (Fsp3) is 0.354. The highest BCUT2D eigenvalue weighted by molar-refractivity contribution is 5.80. The molecule has 2 atom stereocenters. The van der Waals surface area contributed by atoms with Gasteiger partial charge in [-0.3, -0.25) is 9.36 Å². The van der Waals surface area contributed by atoms with Crippen LogP contribution in [0.25, 0.3) is 50.8 Å². The predicted octanol–water partition coefficient (Wildman–Crippen LogP) is 10.6. The van der Waals surface area contributed by atoms with Crippen molar-refractivity contribution in [3.63, 3.8) is 0 Å². The second-order valence-corrected chi connectivity index (χ2v) is 21.6. The first-order chi connectivity index (χ1) is 41.3. The Balaban J connectivity index is 0.000000267. The van der Waals surface area contributed by atoms with E-state index in [0.717, 1.165) is 70.0 Å². The van der Waals surface area contributed by atoms with Crippen LogP contribution in [0.1, 0.15) is 96.1 Å². The number of benzene rings is 4. The van der Waals surface area contributed by atoms with E-state index in [1.807, 2.05) is 148 Å². The van der Waals surface area contributed by atoms with E-state index in [2.05, 4.69) is 80.8 Å². The highest BCUT2D eigenvalue weighted by Crippen LogP contribution is 2.35. The van der Waals surface area contributed by atoms with Crippen LogP contribution >= 0.6 is 0 Å². The summed E-state index contributed by atoms with van der Waals surface area (Å²) in [5, 5.41) is 33.2. The third-order valence-electron chi connectivity index (χ3n) is 12.7. The number of methoxy groups -OCH3 is 2. The van der Waals surface area contributed by atoms with Gasteiger partial charge in [-0.25, -0.2) is 9.59 Å². The Bertz CT molecular complexity index is 3430. The van der Waals surface area contributed by atoms with Gasteiger partial charge in [0.1, 0.15) is 35.9 Å². The van der Waals surface area contributed by atoms with Crippen LogP contribution in [0.2, 0.25) is 0 Å². The molecule has 21 nitrogen and oxygen atoms in total. The van der Waals surface area contributed by atoms with Gasteiger partial charge in [0, 0.05) is 73.7 Å². The summed E-state index contributed by atoms with van der Waals surface area (Å²) in [4.78, 5) is 23.5. The largest absolute Gasteiger partial charge is 0.467 e. The first kappa shape index (κ1) is 66.3. The molecule has 4 aromatic heterocycles. The molecule has 0 aliphatic heterocycles. The maximum Gasteiger partial charge on any atom is 0.332 e. The van der Waals surface area contributed by atoms with E-state index in [4.69, 9.17) is 54.5 Å². The van der Waals surface area contributed by atoms with Crippen LogP contribution in [0.5, 0.6) is 11.5 Å². The molecular formula is C65H80N10O11. The van der Waals surface area contributed by atoms with Crippen LogP contribution in [-0.2, 0) is 44.4 Å². The van der Waals surface area contributed by atoms with Crippen molar-refractivity contribution in [1.29, 1.82) is 0 Å². The van der Waals surface area contributed by atoms with E-state index in [9.17, 15) is 9.59 Å². The number of aromatic nitrogens is 8. The van der Waals surface area contributed by atoms with Crippen LogP contribution < -0.4 is 20.9 Å². The summed E-state index contributed by atoms with van der Waals surface area (Å²) in [5.41, 5.74) is 21.9. The number of nitrogens with zero attached hydrogens (tertiary/aromatic N) is 8. The molecule has 0 aliphatic carbocycles. The van der Waals surface area contributed by atoms with Gasteiger partial charge in [-0.2, -0.15) is 10.2 Å². The van der Waals surface area contributed by atoms with Crippen molar-refractivity contribution < 1.29 is 52.6 Å². The Labute approximate surface area is 503 Å². The summed E-state index contributed by atoms with van der Waals surface area (Å²) in [6.45, 7) is 16.1. The average Bonchev–Trinajstić information content (AvgIpc) is 4.34. The minimum atomic E-state index is -0.521. The molecule has 0 aliphatic rings. The van der Waals surface area contributed by atoms with Gasteiger partial charge in [-0.05, 0) is 127 Å². The van der Waals surface area contributed by atoms with Gasteiger partial charge in [0.2, 0.25) is 0 Å². The molecule has 8 aromatic rings. The molecule has 0 amide bonds. The number of anilines is 2. The molecule has 456 valence electrons. The number of carbonyl (C=O) groups excluding carboxylic acids is 2. The summed E-state index contributed by atoms with van der Waals surface area (Å²) < 4.78 is 46.6. The molecular weight excluding hydrogens is 1100 g/mol. The highest BCUT2D eigenvalue weighted by atomic mass is 16.7. The van der Waals surface area contributed by atoms with E-state index in [-0.39, 0.29) is 50.8 Å². The maximum absolute atomic E-state index is 11.8. The number of hydrogen-bond donors (Lipinski definition) is 3. The smallest absolute Gasteiger partial charge is 0.332 e. The number of ether oxygens (including phenoxy) is 8. The van der Waals surface area contributed by atoms with E-state index < -0.39 is 11.2 Å². The van der Waals surface area contributed by atoms with Crippen LogP contribution in [0.4, 0.5) is 11.6 Å². The molecule has 21 heteroatoms. The Morgan fingerprint density at radius 2 is 1.03 bits per heavy atom. The topological polar surface area (TPSA) is 267 Å². The standard InChI is InChI=1S/C32H39N5O5.C32H37N5O5.CH4O/c2*1-22(24-14-12-23(13-15-24)9-8-16-40-20-30(38)42-32(2,3)4)37-19-25(18-34-37)27-17-28(35-36-31(27)33)26-10-6-7-11-29(26)41-21-39-5;1-2/h6-7,10-15,17-19,22H,8-9,16,20-21H2,1-5H3,(H2,33,36);6-15,17-19,22H,16,20-21H2,1-5H3,(H2,33,36);2H,1H3/b;9-8+;. The van der Waals surface area contributed by atoms with Crippen molar-refractivity contribution in [3.05, 3.63) is 162 Å². The van der Waals surface area contributed by atoms with Crippen molar-refractivity contribution >= 4 is 29.7 Å². The Hall–Kier alpha value is -8.86. The van der Waals surface area contributed by atoms with Gasteiger partial charge in [-0.1, -0.05) is 84.9 Å². The molecule has 0 radical (unpaired) electrons. The molecule has 2 unspecified atom stereocenters. The van der Waals surface area contributed by atoms with Crippen LogP contribution in [0.3, 0.4) is 0 Å². The number of carbonyl (C=O) groups is 2. The molecule has 0 fully saturated rings. The number of aliphatic hydroxyl groups is 1. The third kappa shape index (κ3) is 20.2. The molecule has 5 N–H and O–H groups in total. The number of aryl methyl sites for hydroxylation is 1. The molecule has 0 spiro atoms.